The van der Waals surface area contributed by atoms with Crippen molar-refractivity contribution in [2.24, 2.45) is 0 Å². The Morgan fingerprint density at radius 3 is 2.88 bits per heavy atom. The molecule has 1 aromatic heterocycles. The molecule has 0 saturated carbocycles. The normalized spacial score (nSPS) is 19.0. The van der Waals surface area contributed by atoms with Crippen LogP contribution in [0.2, 0.25) is 0 Å². The van der Waals surface area contributed by atoms with Crippen molar-refractivity contribution >= 4 is 0 Å². The van der Waals surface area contributed by atoms with Gasteiger partial charge in [0.1, 0.15) is 5.82 Å². The molecule has 3 heteroatoms. The lowest BCUT2D eigenvalue weighted by Crippen LogP contribution is -2.33. The zero-order valence-corrected chi connectivity index (χ0v) is 9.57. The maximum atomic E-state index is 12.8. The number of hydrogen-bond acceptors (Lipinski definition) is 1. The summed E-state index contributed by atoms with van der Waals surface area (Å²) in [5.41, 5.74) is 2.49. The Balaban J connectivity index is 1.81. The third-order valence-electron chi connectivity index (χ3n) is 3.32. The van der Waals surface area contributed by atoms with Crippen LogP contribution in [0.5, 0.6) is 0 Å². The predicted molar refractivity (Wildman–Crippen MR) is 65.3 cm³/mol. The van der Waals surface area contributed by atoms with Crippen molar-refractivity contribution in [1.29, 1.82) is 0 Å². The van der Waals surface area contributed by atoms with Crippen molar-refractivity contribution in [3.8, 4) is 0 Å². The molecule has 88 valence electrons. The van der Waals surface area contributed by atoms with Crippen molar-refractivity contribution in [2.45, 2.75) is 19.0 Å². The zero-order chi connectivity index (χ0) is 11.7. The molecule has 0 fully saturated rings. The second-order valence-electron chi connectivity index (χ2n) is 4.46. The van der Waals surface area contributed by atoms with Gasteiger partial charge in [-0.1, -0.05) is 12.1 Å². The van der Waals surface area contributed by atoms with Crippen molar-refractivity contribution in [3.63, 3.8) is 0 Å². The molecule has 3 rings (SSSR count). The van der Waals surface area contributed by atoms with E-state index >= 15 is 0 Å². The molecule has 2 aromatic rings. The monoisotopic (exact) mass is 230 g/mol. The third kappa shape index (κ3) is 2.11. The number of nitrogens with one attached hydrogen (secondary N) is 1. The molecule has 0 unspecified atom stereocenters. The third-order valence-corrected chi connectivity index (χ3v) is 3.32. The molecule has 17 heavy (non-hydrogen) atoms. The molecular formula is C14H15FN2. The molecule has 0 bridgehead atoms. The molecule has 0 radical (unpaired) electrons. The minimum Gasteiger partial charge on any atom is -0.349 e. The van der Waals surface area contributed by atoms with E-state index in [0.29, 0.717) is 6.04 Å². The van der Waals surface area contributed by atoms with E-state index in [-0.39, 0.29) is 5.82 Å². The quantitative estimate of drug-likeness (QED) is 0.838. The lowest BCUT2D eigenvalue weighted by molar-refractivity contribution is 0.423. The molecule has 1 N–H and O–H groups in total. The van der Waals surface area contributed by atoms with E-state index in [0.717, 1.165) is 19.5 Å². The van der Waals surface area contributed by atoms with Gasteiger partial charge in [-0.05, 0) is 36.2 Å². The fourth-order valence-corrected chi connectivity index (χ4v) is 2.44. The van der Waals surface area contributed by atoms with Crippen molar-refractivity contribution in [3.05, 3.63) is 59.7 Å². The number of fused-ring (bicyclic) bond motifs is 1. The van der Waals surface area contributed by atoms with Gasteiger partial charge in [-0.3, -0.25) is 0 Å². The van der Waals surface area contributed by atoms with Gasteiger partial charge in [-0.25, -0.2) is 4.39 Å². The highest BCUT2D eigenvalue weighted by Crippen LogP contribution is 2.22. The Labute approximate surface area is 100 Å². The fourth-order valence-electron chi connectivity index (χ4n) is 2.44. The predicted octanol–water partition coefficient (Wildman–Crippen LogP) is 2.51. The average Bonchev–Trinajstić information content (AvgIpc) is 2.81. The van der Waals surface area contributed by atoms with E-state index in [9.17, 15) is 4.39 Å². The molecule has 0 saturated heterocycles. The average molecular weight is 230 g/mol. The summed E-state index contributed by atoms with van der Waals surface area (Å²) in [5, 5.41) is 3.51. The molecule has 0 aliphatic carbocycles. The van der Waals surface area contributed by atoms with E-state index < -0.39 is 0 Å². The summed E-state index contributed by atoms with van der Waals surface area (Å²) in [5.74, 6) is -0.172. The van der Waals surface area contributed by atoms with Gasteiger partial charge >= 0.3 is 0 Å². The maximum Gasteiger partial charge on any atom is 0.123 e. The molecule has 1 aromatic carbocycles. The minimum absolute atomic E-state index is 0.172. The zero-order valence-electron chi connectivity index (χ0n) is 9.57. The van der Waals surface area contributed by atoms with E-state index in [1.165, 1.54) is 23.4 Å². The van der Waals surface area contributed by atoms with Gasteiger partial charge in [-0.15, -0.1) is 0 Å². The van der Waals surface area contributed by atoms with Crippen LogP contribution in [0.15, 0.2) is 42.6 Å². The molecule has 2 nitrogen and oxygen atoms in total. The van der Waals surface area contributed by atoms with Crippen LogP contribution in [-0.2, 0) is 13.0 Å². The summed E-state index contributed by atoms with van der Waals surface area (Å²) in [6.07, 6.45) is 3.03. The van der Waals surface area contributed by atoms with E-state index in [2.05, 4.69) is 28.2 Å². The molecule has 0 spiro atoms. The number of rotatable bonds is 2. The van der Waals surface area contributed by atoms with Crippen molar-refractivity contribution in [2.75, 3.05) is 6.54 Å². The minimum atomic E-state index is -0.172. The number of nitrogens with zero attached hydrogens (tertiary/aromatic N) is 1. The Hall–Kier alpha value is -1.61. The summed E-state index contributed by atoms with van der Waals surface area (Å²) in [7, 11) is 0. The van der Waals surface area contributed by atoms with Crippen molar-refractivity contribution < 1.29 is 4.39 Å². The number of hydrogen-bond donors (Lipinski definition) is 1. The Morgan fingerprint density at radius 2 is 2.06 bits per heavy atom. The van der Waals surface area contributed by atoms with Gasteiger partial charge in [0.15, 0.2) is 0 Å². The first-order valence-electron chi connectivity index (χ1n) is 5.96. The molecule has 2 heterocycles. The molecular weight excluding hydrogens is 215 g/mol. The van der Waals surface area contributed by atoms with Crippen LogP contribution in [0.3, 0.4) is 0 Å². The number of aromatic nitrogens is 1. The van der Waals surface area contributed by atoms with E-state index in [1.54, 1.807) is 0 Å². The number of halogens is 1. The first kappa shape index (κ1) is 10.5. The summed E-state index contributed by atoms with van der Waals surface area (Å²) in [4.78, 5) is 0. The summed E-state index contributed by atoms with van der Waals surface area (Å²) >= 11 is 0. The first-order chi connectivity index (χ1) is 8.33. The van der Waals surface area contributed by atoms with Gasteiger partial charge in [0, 0.05) is 25.0 Å². The lowest BCUT2D eigenvalue weighted by atomic mass is 10.0. The second kappa shape index (κ2) is 4.34. The van der Waals surface area contributed by atoms with Crippen LogP contribution in [-0.4, -0.2) is 11.1 Å². The van der Waals surface area contributed by atoms with Crippen molar-refractivity contribution in [1.82, 2.24) is 9.88 Å². The van der Waals surface area contributed by atoms with Gasteiger partial charge in [0.05, 0.1) is 6.04 Å². The van der Waals surface area contributed by atoms with Gasteiger partial charge in [-0.2, -0.15) is 0 Å². The summed E-state index contributed by atoms with van der Waals surface area (Å²) < 4.78 is 15.1. The second-order valence-corrected chi connectivity index (χ2v) is 4.46. The standard InChI is InChI=1S/C14H15FN2/c15-12-5-3-11(4-6-12)10-13-14-2-1-8-17(14)9-7-16-13/h1-6,8,13,16H,7,9-10H2/t13-/m0/s1. The largest absolute Gasteiger partial charge is 0.349 e. The Kier molecular flexibility index (Phi) is 2.69. The van der Waals surface area contributed by atoms with Crippen LogP contribution >= 0.6 is 0 Å². The SMILES string of the molecule is Fc1ccc(C[C@@H]2NCCn3cccc32)cc1. The van der Waals surface area contributed by atoms with Gasteiger partial charge < -0.3 is 9.88 Å². The van der Waals surface area contributed by atoms with Crippen LogP contribution < -0.4 is 5.32 Å². The Morgan fingerprint density at radius 1 is 1.24 bits per heavy atom. The first-order valence-corrected chi connectivity index (χ1v) is 5.96. The van der Waals surface area contributed by atoms with Crippen LogP contribution in [0.1, 0.15) is 17.3 Å². The van der Waals surface area contributed by atoms with Gasteiger partial charge in [0.25, 0.3) is 0 Å². The number of benzene rings is 1. The smallest absolute Gasteiger partial charge is 0.123 e. The highest BCUT2D eigenvalue weighted by atomic mass is 19.1. The lowest BCUT2D eigenvalue weighted by Gasteiger charge is -2.26. The maximum absolute atomic E-state index is 12.8. The highest BCUT2D eigenvalue weighted by Gasteiger charge is 2.19. The summed E-state index contributed by atoms with van der Waals surface area (Å²) in [6, 6.07) is 11.3. The molecule has 0 amide bonds. The van der Waals surface area contributed by atoms with Crippen LogP contribution in [0.25, 0.3) is 0 Å². The van der Waals surface area contributed by atoms with Crippen LogP contribution in [0.4, 0.5) is 4.39 Å². The highest BCUT2D eigenvalue weighted by molar-refractivity contribution is 5.22. The molecule has 1 atom stereocenters. The van der Waals surface area contributed by atoms with E-state index in [1.807, 2.05) is 12.1 Å². The molecule has 1 aliphatic rings. The van der Waals surface area contributed by atoms with E-state index in [4.69, 9.17) is 0 Å². The Bertz CT molecular complexity index is 501. The van der Waals surface area contributed by atoms with Crippen LogP contribution in [0, 0.1) is 5.82 Å². The topological polar surface area (TPSA) is 17.0 Å². The van der Waals surface area contributed by atoms with Gasteiger partial charge in [0.2, 0.25) is 0 Å². The summed E-state index contributed by atoms with van der Waals surface area (Å²) in [6.45, 7) is 2.02. The fraction of sp³-hybridized carbons (Fsp3) is 0.286. The molecule has 1 aliphatic heterocycles.